The third kappa shape index (κ3) is 6.09. The monoisotopic (exact) mass is 617 g/mol. The van der Waals surface area contributed by atoms with E-state index in [1.165, 1.54) is 36.4 Å². The van der Waals surface area contributed by atoms with Gasteiger partial charge in [-0.05, 0) is 60.0 Å². The highest BCUT2D eigenvalue weighted by atomic mass is 35.5. The van der Waals surface area contributed by atoms with Crippen LogP contribution in [0.2, 0.25) is 10.0 Å². The number of ether oxygens (including phenoxy) is 2. The zero-order valence-electron chi connectivity index (χ0n) is 21.0. The van der Waals surface area contributed by atoms with Crippen LogP contribution < -0.4 is 20.7 Å². The van der Waals surface area contributed by atoms with Crippen molar-refractivity contribution >= 4 is 29.1 Å². The first-order chi connectivity index (χ1) is 19.9. The Bertz CT molecular complexity index is 1840. The summed E-state index contributed by atoms with van der Waals surface area (Å²) >= 11 is 12.8. The van der Waals surface area contributed by atoms with E-state index in [1.54, 1.807) is 29.2 Å². The van der Waals surface area contributed by atoms with Gasteiger partial charge in [-0.2, -0.15) is 9.94 Å². The fraction of sp³-hybridized carbons (Fsp3) is 0.148. The number of nitrogens with one attached hydrogen (secondary N) is 1. The van der Waals surface area contributed by atoms with Crippen molar-refractivity contribution in [2.75, 3.05) is 6.54 Å². The molecule has 0 unspecified atom stereocenters. The number of alkyl halides is 3. The van der Waals surface area contributed by atoms with Crippen molar-refractivity contribution in [1.82, 2.24) is 19.7 Å². The Morgan fingerprint density at radius 2 is 1.67 bits per heavy atom. The number of aromatic nitrogens is 3. The summed E-state index contributed by atoms with van der Waals surface area (Å²) in [4.78, 5) is 40.5. The molecule has 42 heavy (non-hydrogen) atoms. The second-order valence-corrected chi connectivity index (χ2v) is 9.77. The first-order valence-corrected chi connectivity index (χ1v) is 12.8. The topological polar surface area (TPSA) is 130 Å². The Morgan fingerprint density at radius 3 is 2.31 bits per heavy atom. The van der Waals surface area contributed by atoms with E-state index in [9.17, 15) is 27.6 Å². The molecule has 0 atom stereocenters. The lowest BCUT2D eigenvalue weighted by molar-refractivity contribution is -0.274. The number of hydrogen-bond acceptors (Lipinski definition) is 7. The van der Waals surface area contributed by atoms with Crippen molar-refractivity contribution in [2.24, 2.45) is 0 Å². The molecule has 0 saturated heterocycles. The van der Waals surface area contributed by atoms with Crippen LogP contribution in [-0.4, -0.2) is 38.5 Å². The molecule has 1 amide bonds. The predicted octanol–water partition coefficient (Wildman–Crippen LogP) is 4.99. The van der Waals surface area contributed by atoms with Gasteiger partial charge in [0.1, 0.15) is 17.6 Å². The summed E-state index contributed by atoms with van der Waals surface area (Å²) in [7, 11) is 0. The van der Waals surface area contributed by atoms with Crippen molar-refractivity contribution in [1.29, 1.82) is 5.26 Å². The van der Waals surface area contributed by atoms with Gasteiger partial charge >= 0.3 is 12.1 Å². The minimum Gasteiger partial charge on any atom is -0.454 e. The summed E-state index contributed by atoms with van der Waals surface area (Å²) in [5, 5.41) is 12.8. The van der Waals surface area contributed by atoms with E-state index in [1.807, 2.05) is 4.98 Å². The normalized spacial score (nSPS) is 13.0. The Hall–Kier alpha value is -4.80. The fourth-order valence-electron chi connectivity index (χ4n) is 4.28. The number of H-pyrrole nitrogens is 1. The number of fused-ring (bicyclic) bond motifs is 1. The number of carbonyl (C=O) groups is 1. The van der Waals surface area contributed by atoms with Gasteiger partial charge in [0.05, 0.1) is 15.7 Å². The average molecular weight is 618 g/mol. The molecule has 0 bridgehead atoms. The molecule has 3 aromatic carbocycles. The van der Waals surface area contributed by atoms with Gasteiger partial charge in [-0.15, -0.1) is 18.3 Å². The summed E-state index contributed by atoms with van der Waals surface area (Å²) in [5.41, 5.74) is -0.502. The van der Waals surface area contributed by atoms with Gasteiger partial charge in [0.2, 0.25) is 5.69 Å². The third-order valence-corrected chi connectivity index (χ3v) is 6.72. The zero-order chi connectivity index (χ0) is 30.2. The summed E-state index contributed by atoms with van der Waals surface area (Å²) in [5.74, 6) is -0.215. The molecule has 0 aliphatic carbocycles. The zero-order valence-corrected chi connectivity index (χ0v) is 22.5. The number of benzene rings is 3. The smallest absolute Gasteiger partial charge is 0.454 e. The highest BCUT2D eigenvalue weighted by molar-refractivity contribution is 6.37. The molecular formula is C27H16Cl2F3N5O5. The van der Waals surface area contributed by atoms with Crippen LogP contribution in [0.25, 0.3) is 5.69 Å². The molecular weight excluding hydrogens is 602 g/mol. The van der Waals surface area contributed by atoms with Crippen molar-refractivity contribution in [2.45, 2.75) is 19.3 Å². The Labute approximate surface area is 244 Å². The molecule has 214 valence electrons. The molecule has 4 aromatic rings. The van der Waals surface area contributed by atoms with Crippen LogP contribution in [0.5, 0.6) is 17.2 Å². The third-order valence-electron chi connectivity index (χ3n) is 6.16. The summed E-state index contributed by atoms with van der Waals surface area (Å²) in [6.07, 6.45) is -4.31. The molecule has 1 aliphatic heterocycles. The molecule has 5 rings (SSSR count). The quantitative estimate of drug-likeness (QED) is 0.322. The van der Waals surface area contributed by atoms with Crippen LogP contribution in [0.3, 0.4) is 0 Å². The van der Waals surface area contributed by atoms with Crippen molar-refractivity contribution in [3.63, 3.8) is 0 Å². The number of rotatable bonds is 6. The SMILES string of the molecule is N#Cc1nn(-c2cc(Cl)c(Oc3ccc4c(c3)CCN(Cc3ccc(OC(F)(F)F)cc3)C4=O)c(Cl)c2)c(=O)[nH]c1=O. The standard InChI is InChI=1S/C27H16Cl2F3N5O5/c28-20-10-16(37-26(40)34-24(38)22(12-33)35-37)11-21(29)23(20)41-18-5-6-19-15(9-18)7-8-36(25(19)39)13-14-1-3-17(4-2-14)42-27(30,31)32/h1-6,9-11H,7-8,13H2,(H,34,38,40). The second-order valence-electron chi connectivity index (χ2n) is 8.96. The predicted molar refractivity (Wildman–Crippen MR) is 143 cm³/mol. The largest absolute Gasteiger partial charge is 0.573 e. The molecule has 15 heteroatoms. The maximum absolute atomic E-state index is 13.1. The summed E-state index contributed by atoms with van der Waals surface area (Å²) in [6, 6.07) is 14.3. The van der Waals surface area contributed by atoms with Crippen LogP contribution >= 0.6 is 23.2 Å². The van der Waals surface area contributed by atoms with E-state index < -0.39 is 23.3 Å². The van der Waals surface area contributed by atoms with Gasteiger partial charge in [0.15, 0.2) is 5.75 Å². The Kier molecular flexibility index (Phi) is 7.68. The minimum atomic E-state index is -4.79. The number of aromatic amines is 1. The highest BCUT2D eigenvalue weighted by Crippen LogP contribution is 2.39. The first-order valence-electron chi connectivity index (χ1n) is 12.0. The van der Waals surface area contributed by atoms with Crippen LogP contribution in [-0.2, 0) is 13.0 Å². The molecule has 0 spiro atoms. The van der Waals surface area contributed by atoms with Crippen LogP contribution in [0.15, 0.2) is 64.2 Å². The molecule has 1 aromatic heterocycles. The minimum absolute atomic E-state index is 0.00234. The number of nitrogens with zero attached hydrogens (tertiary/aromatic N) is 4. The van der Waals surface area contributed by atoms with Gasteiger partial charge in [0, 0.05) is 18.7 Å². The van der Waals surface area contributed by atoms with E-state index in [0.29, 0.717) is 35.4 Å². The fourth-order valence-corrected chi connectivity index (χ4v) is 4.83. The van der Waals surface area contributed by atoms with Crippen molar-refractivity contribution < 1.29 is 27.4 Å². The van der Waals surface area contributed by atoms with E-state index in [2.05, 4.69) is 9.84 Å². The number of halogens is 5. The lowest BCUT2D eigenvalue weighted by Crippen LogP contribution is -2.37. The van der Waals surface area contributed by atoms with E-state index in [-0.39, 0.29) is 39.7 Å². The van der Waals surface area contributed by atoms with Crippen LogP contribution in [0, 0.1) is 11.3 Å². The first kappa shape index (κ1) is 28.7. The van der Waals surface area contributed by atoms with E-state index >= 15 is 0 Å². The number of carbonyl (C=O) groups excluding carboxylic acids is 1. The number of amides is 1. The van der Waals surface area contributed by atoms with Crippen molar-refractivity contribution in [3.8, 4) is 29.0 Å². The molecule has 0 saturated carbocycles. The summed E-state index contributed by atoms with van der Waals surface area (Å²) in [6.45, 7) is 0.557. The van der Waals surface area contributed by atoms with E-state index in [4.69, 9.17) is 33.2 Å². The molecule has 2 heterocycles. The second kappa shape index (κ2) is 11.2. The lowest BCUT2D eigenvalue weighted by Gasteiger charge is -2.29. The highest BCUT2D eigenvalue weighted by Gasteiger charge is 2.31. The van der Waals surface area contributed by atoms with Crippen LogP contribution in [0.4, 0.5) is 13.2 Å². The molecule has 0 fully saturated rings. The average Bonchev–Trinajstić information content (AvgIpc) is 2.92. The van der Waals surface area contributed by atoms with Gasteiger partial charge in [-0.25, -0.2) is 4.79 Å². The molecule has 1 N–H and O–H groups in total. The van der Waals surface area contributed by atoms with Gasteiger partial charge in [0.25, 0.3) is 11.5 Å². The van der Waals surface area contributed by atoms with Gasteiger partial charge in [-0.1, -0.05) is 35.3 Å². The lowest BCUT2D eigenvalue weighted by atomic mass is 9.98. The van der Waals surface area contributed by atoms with E-state index in [0.717, 1.165) is 4.68 Å². The van der Waals surface area contributed by atoms with Gasteiger partial charge < -0.3 is 14.4 Å². The Balaban J connectivity index is 1.32. The maximum atomic E-state index is 13.1. The molecule has 1 aliphatic rings. The molecule has 0 radical (unpaired) electrons. The summed E-state index contributed by atoms with van der Waals surface area (Å²) < 4.78 is 47.7. The van der Waals surface area contributed by atoms with Crippen molar-refractivity contribution in [3.05, 3.63) is 108 Å². The Morgan fingerprint density at radius 1 is 1.00 bits per heavy atom. The van der Waals surface area contributed by atoms with Gasteiger partial charge in [-0.3, -0.25) is 14.6 Å². The number of nitriles is 1. The molecule has 10 nitrogen and oxygen atoms in total. The van der Waals surface area contributed by atoms with Crippen LogP contribution in [0.1, 0.15) is 27.2 Å². The maximum Gasteiger partial charge on any atom is 0.573 e. The number of hydrogen-bond donors (Lipinski definition) is 1.